The highest BCUT2D eigenvalue weighted by molar-refractivity contribution is 5.29. The van der Waals surface area contributed by atoms with Crippen LogP contribution in [0.5, 0.6) is 0 Å². The number of hydrogen-bond acceptors (Lipinski definition) is 2. The van der Waals surface area contributed by atoms with E-state index in [-0.39, 0.29) is 0 Å². The molecule has 21 heavy (non-hydrogen) atoms. The predicted octanol–water partition coefficient (Wildman–Crippen LogP) is 3.77. The molecule has 0 spiro atoms. The molecule has 2 fully saturated rings. The molecule has 1 saturated carbocycles. The van der Waals surface area contributed by atoms with Crippen molar-refractivity contribution < 1.29 is 0 Å². The van der Waals surface area contributed by atoms with Crippen LogP contribution in [-0.4, -0.2) is 30.6 Å². The monoisotopic (exact) mass is 286 g/mol. The molecule has 1 unspecified atom stereocenters. The maximum atomic E-state index is 3.70. The van der Waals surface area contributed by atoms with Crippen LogP contribution in [0.2, 0.25) is 0 Å². The average molecular weight is 286 g/mol. The molecular formula is C19H30N2. The van der Waals surface area contributed by atoms with Gasteiger partial charge in [0.2, 0.25) is 0 Å². The highest BCUT2D eigenvalue weighted by Crippen LogP contribution is 2.40. The Bertz CT molecular complexity index is 445. The topological polar surface area (TPSA) is 15.3 Å². The van der Waals surface area contributed by atoms with Crippen molar-refractivity contribution in [3.8, 4) is 0 Å². The summed E-state index contributed by atoms with van der Waals surface area (Å²) in [5.74, 6) is 1.59. The number of benzene rings is 1. The van der Waals surface area contributed by atoms with E-state index in [0.717, 1.165) is 24.9 Å². The average Bonchev–Trinajstić information content (AvgIpc) is 3.20. The summed E-state index contributed by atoms with van der Waals surface area (Å²) in [5, 5.41) is 3.70. The summed E-state index contributed by atoms with van der Waals surface area (Å²) < 4.78 is 0. The fourth-order valence-electron chi connectivity index (χ4n) is 3.60. The zero-order valence-electron chi connectivity index (χ0n) is 13.6. The number of rotatable bonds is 7. The predicted molar refractivity (Wildman–Crippen MR) is 89.6 cm³/mol. The molecular weight excluding hydrogens is 256 g/mol. The van der Waals surface area contributed by atoms with Gasteiger partial charge in [0, 0.05) is 19.1 Å². The van der Waals surface area contributed by atoms with Crippen LogP contribution in [0.25, 0.3) is 0 Å². The van der Waals surface area contributed by atoms with Gasteiger partial charge in [-0.15, -0.1) is 0 Å². The van der Waals surface area contributed by atoms with Crippen LogP contribution in [0.15, 0.2) is 24.3 Å². The molecule has 1 aromatic carbocycles. The van der Waals surface area contributed by atoms with Gasteiger partial charge in [-0.25, -0.2) is 0 Å². The molecule has 2 heteroatoms. The van der Waals surface area contributed by atoms with Crippen molar-refractivity contribution >= 4 is 0 Å². The molecule has 1 aliphatic carbocycles. The minimum atomic E-state index is 0.694. The van der Waals surface area contributed by atoms with Crippen LogP contribution in [-0.2, 0) is 6.54 Å². The van der Waals surface area contributed by atoms with Crippen molar-refractivity contribution in [2.75, 3.05) is 19.6 Å². The molecule has 1 atom stereocenters. The summed E-state index contributed by atoms with van der Waals surface area (Å²) in [5.41, 5.74) is 3.00. The molecule has 116 valence electrons. The van der Waals surface area contributed by atoms with Crippen LogP contribution < -0.4 is 5.32 Å². The molecule has 1 N–H and O–H groups in total. The Hall–Kier alpha value is -0.860. The van der Waals surface area contributed by atoms with Crippen molar-refractivity contribution in [2.24, 2.45) is 5.92 Å². The maximum absolute atomic E-state index is 3.70. The summed E-state index contributed by atoms with van der Waals surface area (Å²) in [6, 6.07) is 9.89. The Morgan fingerprint density at radius 3 is 2.62 bits per heavy atom. The van der Waals surface area contributed by atoms with Crippen LogP contribution >= 0.6 is 0 Å². The van der Waals surface area contributed by atoms with Crippen molar-refractivity contribution in [3.63, 3.8) is 0 Å². The van der Waals surface area contributed by atoms with E-state index in [1.165, 1.54) is 44.3 Å². The van der Waals surface area contributed by atoms with Gasteiger partial charge in [0.15, 0.2) is 0 Å². The fourth-order valence-corrected chi connectivity index (χ4v) is 3.60. The quantitative estimate of drug-likeness (QED) is 0.821. The Kier molecular flexibility index (Phi) is 4.97. The molecule has 0 bridgehead atoms. The Labute approximate surface area is 129 Å². The highest BCUT2D eigenvalue weighted by Gasteiger charge is 2.25. The Morgan fingerprint density at radius 1 is 1.19 bits per heavy atom. The van der Waals surface area contributed by atoms with Crippen LogP contribution in [0.1, 0.15) is 56.6 Å². The lowest BCUT2D eigenvalue weighted by Gasteiger charge is -2.31. The summed E-state index contributed by atoms with van der Waals surface area (Å²) in [6.45, 7) is 9.43. The summed E-state index contributed by atoms with van der Waals surface area (Å²) >= 11 is 0. The second-order valence-corrected chi connectivity index (χ2v) is 7.20. The Morgan fingerprint density at radius 2 is 1.95 bits per heavy atom. The molecule has 3 rings (SSSR count). The molecule has 2 nitrogen and oxygen atoms in total. The fraction of sp³-hybridized carbons (Fsp3) is 0.684. The first-order valence-corrected chi connectivity index (χ1v) is 8.77. The lowest BCUT2D eigenvalue weighted by molar-refractivity contribution is 0.186. The second-order valence-electron chi connectivity index (χ2n) is 7.20. The van der Waals surface area contributed by atoms with Gasteiger partial charge in [-0.3, -0.25) is 4.90 Å². The van der Waals surface area contributed by atoms with Gasteiger partial charge in [0.1, 0.15) is 0 Å². The number of likely N-dealkylation sites (tertiary alicyclic amines) is 1. The zero-order chi connectivity index (χ0) is 14.7. The molecule has 1 aromatic rings. The van der Waals surface area contributed by atoms with E-state index >= 15 is 0 Å². The molecule has 0 amide bonds. The van der Waals surface area contributed by atoms with Crippen LogP contribution in [0.4, 0.5) is 0 Å². The van der Waals surface area contributed by atoms with E-state index in [2.05, 4.69) is 48.3 Å². The third-order valence-electron chi connectivity index (χ3n) is 5.06. The summed E-state index contributed by atoms with van der Waals surface area (Å²) in [6.07, 6.45) is 5.54. The largest absolute Gasteiger partial charge is 0.311 e. The summed E-state index contributed by atoms with van der Waals surface area (Å²) in [4.78, 5) is 2.68. The second kappa shape index (κ2) is 6.93. The SMILES string of the molecule is CC(C)C(CNCc1cccc(C2CC2)c1)N1CCCC1. The van der Waals surface area contributed by atoms with E-state index < -0.39 is 0 Å². The third-order valence-corrected chi connectivity index (χ3v) is 5.06. The van der Waals surface area contributed by atoms with Gasteiger partial charge < -0.3 is 5.32 Å². The van der Waals surface area contributed by atoms with E-state index in [0.29, 0.717) is 6.04 Å². The number of nitrogens with one attached hydrogen (secondary N) is 1. The van der Waals surface area contributed by atoms with E-state index in [9.17, 15) is 0 Å². The molecule has 0 aromatic heterocycles. The van der Waals surface area contributed by atoms with Crippen LogP contribution in [0.3, 0.4) is 0 Å². The van der Waals surface area contributed by atoms with Crippen molar-refractivity contribution in [1.29, 1.82) is 0 Å². The third kappa shape index (κ3) is 4.08. The molecule has 2 aliphatic rings. The minimum Gasteiger partial charge on any atom is -0.311 e. The normalized spacial score (nSPS) is 21.1. The van der Waals surface area contributed by atoms with Gasteiger partial charge >= 0.3 is 0 Å². The van der Waals surface area contributed by atoms with Crippen molar-refractivity contribution in [2.45, 2.75) is 58.0 Å². The van der Waals surface area contributed by atoms with Crippen molar-refractivity contribution in [3.05, 3.63) is 35.4 Å². The molecule has 1 aliphatic heterocycles. The molecule has 1 heterocycles. The maximum Gasteiger partial charge on any atom is 0.0243 e. The van der Waals surface area contributed by atoms with Gasteiger partial charge in [-0.05, 0) is 61.7 Å². The smallest absolute Gasteiger partial charge is 0.0243 e. The zero-order valence-corrected chi connectivity index (χ0v) is 13.6. The minimum absolute atomic E-state index is 0.694. The van der Waals surface area contributed by atoms with Gasteiger partial charge in [-0.1, -0.05) is 38.1 Å². The first-order chi connectivity index (χ1) is 10.2. The van der Waals surface area contributed by atoms with Crippen molar-refractivity contribution in [1.82, 2.24) is 10.2 Å². The van der Waals surface area contributed by atoms with E-state index in [1.807, 2.05) is 0 Å². The van der Waals surface area contributed by atoms with Gasteiger partial charge in [-0.2, -0.15) is 0 Å². The van der Waals surface area contributed by atoms with Gasteiger partial charge in [0.25, 0.3) is 0 Å². The molecule has 0 radical (unpaired) electrons. The Balaban J connectivity index is 1.50. The van der Waals surface area contributed by atoms with E-state index in [1.54, 1.807) is 5.56 Å². The lowest BCUT2D eigenvalue weighted by Crippen LogP contribution is -2.44. The standard InChI is InChI=1S/C19H30N2/c1-15(2)19(21-10-3-4-11-21)14-20-13-16-6-5-7-18(12-16)17-8-9-17/h5-7,12,15,17,19-20H,3-4,8-11,13-14H2,1-2H3. The van der Waals surface area contributed by atoms with E-state index in [4.69, 9.17) is 0 Å². The molecule has 1 saturated heterocycles. The summed E-state index contributed by atoms with van der Waals surface area (Å²) in [7, 11) is 0. The first-order valence-electron chi connectivity index (χ1n) is 8.77. The number of hydrogen-bond donors (Lipinski definition) is 1. The lowest BCUT2D eigenvalue weighted by atomic mass is 10.0. The highest BCUT2D eigenvalue weighted by atomic mass is 15.2. The van der Waals surface area contributed by atoms with Gasteiger partial charge in [0.05, 0.1) is 0 Å². The first kappa shape index (κ1) is 15.1. The number of nitrogens with zero attached hydrogens (tertiary/aromatic N) is 1. The van der Waals surface area contributed by atoms with Crippen LogP contribution in [0, 0.1) is 5.92 Å².